The maximum Gasteiger partial charge on any atom is 0.223 e. The number of hydrogen-bond donors (Lipinski definition) is 2. The highest BCUT2D eigenvalue weighted by molar-refractivity contribution is 5.76. The summed E-state index contributed by atoms with van der Waals surface area (Å²) in [5.41, 5.74) is 1.13. The van der Waals surface area contributed by atoms with E-state index < -0.39 is 12.2 Å². The fourth-order valence-electron chi connectivity index (χ4n) is 2.03. The molecule has 4 nitrogen and oxygen atoms in total. The van der Waals surface area contributed by atoms with Crippen molar-refractivity contribution in [2.45, 2.75) is 25.0 Å². The molecule has 1 aliphatic rings. The maximum absolute atomic E-state index is 11.8. The molecule has 0 radical (unpaired) electrons. The molecule has 0 saturated carbocycles. The second kappa shape index (κ2) is 5.29. The molecule has 0 aliphatic carbocycles. The number of hydrogen-bond acceptors (Lipinski definition) is 3. The van der Waals surface area contributed by atoms with Gasteiger partial charge in [0.2, 0.25) is 5.91 Å². The second-order valence-corrected chi connectivity index (χ2v) is 4.42. The van der Waals surface area contributed by atoms with Gasteiger partial charge in [-0.05, 0) is 12.0 Å². The third kappa shape index (κ3) is 3.05. The molecule has 0 aromatic heterocycles. The van der Waals surface area contributed by atoms with Crippen LogP contribution < -0.4 is 0 Å². The van der Waals surface area contributed by atoms with Crippen LogP contribution in [0.4, 0.5) is 0 Å². The molecule has 1 amide bonds. The monoisotopic (exact) mass is 235 g/mol. The van der Waals surface area contributed by atoms with Crippen molar-refractivity contribution >= 4 is 5.91 Å². The first-order chi connectivity index (χ1) is 8.16. The molecule has 1 fully saturated rings. The van der Waals surface area contributed by atoms with Crippen LogP contribution in [0.1, 0.15) is 12.0 Å². The minimum Gasteiger partial charge on any atom is -0.388 e. The average Bonchev–Trinajstić information content (AvgIpc) is 2.68. The van der Waals surface area contributed by atoms with Crippen molar-refractivity contribution in [1.29, 1.82) is 0 Å². The summed E-state index contributed by atoms with van der Waals surface area (Å²) in [6, 6.07) is 9.81. The first-order valence-electron chi connectivity index (χ1n) is 5.84. The number of aliphatic hydroxyl groups excluding tert-OH is 2. The largest absolute Gasteiger partial charge is 0.388 e. The van der Waals surface area contributed by atoms with Crippen molar-refractivity contribution in [3.8, 4) is 0 Å². The van der Waals surface area contributed by atoms with Crippen LogP contribution in [0.15, 0.2) is 30.3 Å². The Kier molecular flexibility index (Phi) is 3.76. The number of β-amino-alcohol motifs (C(OH)–C–C–N with tert-alkyl or cyclic N) is 2. The van der Waals surface area contributed by atoms with Crippen LogP contribution in [0.5, 0.6) is 0 Å². The Morgan fingerprint density at radius 1 is 1.18 bits per heavy atom. The van der Waals surface area contributed by atoms with E-state index in [1.807, 2.05) is 30.3 Å². The summed E-state index contributed by atoms with van der Waals surface area (Å²) in [4.78, 5) is 13.3. The highest BCUT2D eigenvalue weighted by Gasteiger charge is 2.31. The number of amides is 1. The summed E-state index contributed by atoms with van der Waals surface area (Å²) in [6.45, 7) is 0.490. The Hall–Kier alpha value is -1.39. The van der Waals surface area contributed by atoms with Crippen LogP contribution in [0.25, 0.3) is 0 Å². The topological polar surface area (TPSA) is 60.8 Å². The third-order valence-corrected chi connectivity index (χ3v) is 3.08. The van der Waals surface area contributed by atoms with Gasteiger partial charge in [0.25, 0.3) is 0 Å². The molecule has 1 aromatic carbocycles. The van der Waals surface area contributed by atoms with Gasteiger partial charge in [0.15, 0.2) is 0 Å². The zero-order valence-electron chi connectivity index (χ0n) is 9.62. The number of rotatable bonds is 3. The molecule has 2 N–H and O–H groups in total. The van der Waals surface area contributed by atoms with Crippen LogP contribution in [-0.4, -0.2) is 46.3 Å². The van der Waals surface area contributed by atoms with Crippen LogP contribution in [0.3, 0.4) is 0 Å². The Morgan fingerprint density at radius 3 is 2.35 bits per heavy atom. The Morgan fingerprint density at radius 2 is 1.76 bits per heavy atom. The van der Waals surface area contributed by atoms with E-state index in [1.54, 1.807) is 0 Å². The van der Waals surface area contributed by atoms with E-state index in [0.29, 0.717) is 12.8 Å². The van der Waals surface area contributed by atoms with E-state index in [-0.39, 0.29) is 19.0 Å². The number of carbonyl (C=O) groups excluding carboxylic acids is 1. The van der Waals surface area contributed by atoms with Gasteiger partial charge in [0.05, 0.1) is 12.2 Å². The molecular formula is C13H17NO3. The lowest BCUT2D eigenvalue weighted by atomic mass is 10.1. The fraction of sp³-hybridized carbons (Fsp3) is 0.462. The van der Waals surface area contributed by atoms with E-state index in [9.17, 15) is 15.0 Å². The maximum atomic E-state index is 11.8. The van der Waals surface area contributed by atoms with E-state index >= 15 is 0 Å². The molecule has 1 saturated heterocycles. The minimum absolute atomic E-state index is 0.00977. The first-order valence-corrected chi connectivity index (χ1v) is 5.84. The number of nitrogens with zero attached hydrogens (tertiary/aromatic N) is 1. The number of benzene rings is 1. The average molecular weight is 235 g/mol. The van der Waals surface area contributed by atoms with Gasteiger partial charge in [-0.15, -0.1) is 0 Å². The molecule has 17 heavy (non-hydrogen) atoms. The summed E-state index contributed by atoms with van der Waals surface area (Å²) < 4.78 is 0. The standard InChI is InChI=1S/C13H17NO3/c15-11-8-14(9-12(11)16)13(17)7-6-10-4-2-1-3-5-10/h1-5,11-12,15-16H,6-9H2/t11-,12-/m0/s1. The SMILES string of the molecule is O=C(CCc1ccccc1)N1C[C@H](O)[C@@H](O)C1. The zero-order chi connectivity index (χ0) is 12.3. The molecule has 2 rings (SSSR count). The number of carbonyl (C=O) groups is 1. The van der Waals surface area contributed by atoms with Crippen molar-refractivity contribution in [3.63, 3.8) is 0 Å². The fourth-order valence-corrected chi connectivity index (χ4v) is 2.03. The molecule has 0 unspecified atom stereocenters. The van der Waals surface area contributed by atoms with Crippen molar-refractivity contribution in [1.82, 2.24) is 4.90 Å². The van der Waals surface area contributed by atoms with E-state index in [4.69, 9.17) is 0 Å². The van der Waals surface area contributed by atoms with Gasteiger partial charge in [-0.25, -0.2) is 0 Å². The lowest BCUT2D eigenvalue weighted by Crippen LogP contribution is -2.29. The molecule has 1 aliphatic heterocycles. The normalized spacial score (nSPS) is 24.0. The van der Waals surface area contributed by atoms with E-state index in [2.05, 4.69) is 0 Å². The smallest absolute Gasteiger partial charge is 0.223 e. The molecule has 0 bridgehead atoms. The summed E-state index contributed by atoms with van der Waals surface area (Å²) in [5.74, 6) is -0.00977. The van der Waals surface area contributed by atoms with Crippen LogP contribution in [0, 0.1) is 0 Å². The lowest BCUT2D eigenvalue weighted by Gasteiger charge is -2.15. The first kappa shape index (κ1) is 12.1. The van der Waals surface area contributed by atoms with Gasteiger partial charge < -0.3 is 15.1 Å². The molecule has 1 aromatic rings. The lowest BCUT2D eigenvalue weighted by molar-refractivity contribution is -0.130. The molecule has 4 heteroatoms. The number of likely N-dealkylation sites (tertiary alicyclic amines) is 1. The zero-order valence-corrected chi connectivity index (χ0v) is 9.62. The summed E-state index contributed by atoms with van der Waals surface area (Å²) in [5, 5.41) is 18.7. The summed E-state index contributed by atoms with van der Waals surface area (Å²) in [7, 11) is 0. The number of aryl methyl sites for hydroxylation is 1. The highest BCUT2D eigenvalue weighted by atomic mass is 16.3. The molecule has 1 heterocycles. The van der Waals surface area contributed by atoms with Gasteiger partial charge in [0, 0.05) is 19.5 Å². The van der Waals surface area contributed by atoms with Crippen molar-refractivity contribution < 1.29 is 15.0 Å². The molecule has 92 valence electrons. The minimum atomic E-state index is -0.796. The number of aliphatic hydroxyl groups is 2. The molecular weight excluding hydrogens is 218 g/mol. The van der Waals surface area contributed by atoms with Crippen molar-refractivity contribution in [2.75, 3.05) is 13.1 Å². The van der Waals surface area contributed by atoms with Crippen molar-refractivity contribution in [3.05, 3.63) is 35.9 Å². The molecule has 2 atom stereocenters. The quantitative estimate of drug-likeness (QED) is 0.786. The van der Waals surface area contributed by atoms with Gasteiger partial charge in [-0.3, -0.25) is 4.79 Å². The Balaban J connectivity index is 1.82. The van der Waals surface area contributed by atoms with Gasteiger partial charge in [-0.1, -0.05) is 30.3 Å². The summed E-state index contributed by atoms with van der Waals surface area (Å²) in [6.07, 6.45) is -0.474. The Bertz CT molecular complexity index is 370. The van der Waals surface area contributed by atoms with E-state index in [0.717, 1.165) is 5.56 Å². The van der Waals surface area contributed by atoms with Crippen LogP contribution >= 0.6 is 0 Å². The van der Waals surface area contributed by atoms with Crippen LogP contribution in [0.2, 0.25) is 0 Å². The molecule has 0 spiro atoms. The van der Waals surface area contributed by atoms with Gasteiger partial charge in [0.1, 0.15) is 0 Å². The van der Waals surface area contributed by atoms with Gasteiger partial charge >= 0.3 is 0 Å². The summed E-state index contributed by atoms with van der Waals surface area (Å²) >= 11 is 0. The van der Waals surface area contributed by atoms with E-state index in [1.165, 1.54) is 4.90 Å². The Labute approximate surface area is 100 Å². The predicted molar refractivity (Wildman–Crippen MR) is 63.4 cm³/mol. The van der Waals surface area contributed by atoms with Crippen LogP contribution in [-0.2, 0) is 11.2 Å². The second-order valence-electron chi connectivity index (χ2n) is 4.42. The highest BCUT2D eigenvalue weighted by Crippen LogP contribution is 2.12. The van der Waals surface area contributed by atoms with Gasteiger partial charge in [-0.2, -0.15) is 0 Å². The van der Waals surface area contributed by atoms with Crippen molar-refractivity contribution in [2.24, 2.45) is 0 Å². The third-order valence-electron chi connectivity index (χ3n) is 3.08. The predicted octanol–water partition coefficient (Wildman–Crippen LogP) is 0.183.